The fraction of sp³-hybridized carbons (Fsp3) is 0.581. The van der Waals surface area contributed by atoms with Gasteiger partial charge in [0.25, 0.3) is 0 Å². The fourth-order valence-electron chi connectivity index (χ4n) is 9.32. The van der Waals surface area contributed by atoms with Crippen LogP contribution >= 0.6 is 0 Å². The van der Waals surface area contributed by atoms with Gasteiger partial charge in [0.05, 0.1) is 0 Å². The molecule has 0 nitrogen and oxygen atoms in total. The minimum atomic E-state index is 0. The van der Waals surface area contributed by atoms with Gasteiger partial charge in [-0.25, -0.2) is 6.07 Å². The second-order valence-electron chi connectivity index (χ2n) is 17.4. The summed E-state index contributed by atoms with van der Waals surface area (Å²) >= 11 is 1.69. The van der Waals surface area contributed by atoms with Crippen LogP contribution in [0.5, 0.6) is 0 Å². The molecule has 5 fully saturated rings. The van der Waals surface area contributed by atoms with E-state index in [2.05, 4.69) is 103 Å². The summed E-state index contributed by atoms with van der Waals surface area (Å²) in [5.41, 5.74) is 12.5. The van der Waals surface area contributed by atoms with Gasteiger partial charge in [-0.05, 0) is 54.4 Å². The Labute approximate surface area is 308 Å². The zero-order valence-electron chi connectivity index (χ0n) is 29.6. The molecule has 46 heavy (non-hydrogen) atoms. The summed E-state index contributed by atoms with van der Waals surface area (Å²) in [5, 5.41) is 0. The number of rotatable bonds is 1. The van der Waals surface area contributed by atoms with E-state index in [1.54, 1.807) is 52.3 Å². The SMILES string of the molecule is CC(C)(C)c1c[c-]c2c(c1)-c1cc(C(C)(C)C)ccc1C2.Cc1cc(C23CC4CC(CC(C4)C2)C3)c[cH-]1.[Cl-].[Cl-].[Zr+2]=[C]1CCCCC1. The van der Waals surface area contributed by atoms with E-state index >= 15 is 0 Å². The van der Waals surface area contributed by atoms with Crippen LogP contribution in [0.15, 0.2) is 48.5 Å². The predicted octanol–water partition coefficient (Wildman–Crippen LogP) is 5.51. The molecular weight excluding hydrogens is 679 g/mol. The third-order valence-electron chi connectivity index (χ3n) is 11.5. The minimum absolute atomic E-state index is 0. The molecular formula is C43H56Cl2Zr-2. The van der Waals surface area contributed by atoms with Crippen molar-refractivity contribution in [3.63, 3.8) is 0 Å². The maximum atomic E-state index is 3.53. The van der Waals surface area contributed by atoms with Gasteiger partial charge in [-0.3, -0.25) is 0 Å². The van der Waals surface area contributed by atoms with Gasteiger partial charge in [-0.15, -0.1) is 5.56 Å². The van der Waals surface area contributed by atoms with E-state index < -0.39 is 0 Å². The van der Waals surface area contributed by atoms with Gasteiger partial charge in [0.15, 0.2) is 0 Å². The molecule has 3 aromatic carbocycles. The first-order valence-corrected chi connectivity index (χ1v) is 19.0. The summed E-state index contributed by atoms with van der Waals surface area (Å²) in [4.78, 5) is 0. The average molecular weight is 735 g/mol. The maximum absolute atomic E-state index is 3.53. The fourth-order valence-corrected chi connectivity index (χ4v) is 10.2. The van der Waals surface area contributed by atoms with Gasteiger partial charge >= 0.3 is 59.5 Å². The van der Waals surface area contributed by atoms with Gasteiger partial charge in [0.2, 0.25) is 0 Å². The molecule has 0 aliphatic heterocycles. The third kappa shape index (κ3) is 8.46. The molecule has 0 N–H and O–H groups in total. The van der Waals surface area contributed by atoms with E-state index in [9.17, 15) is 0 Å². The number of hydrogen-bond donors (Lipinski definition) is 0. The predicted molar refractivity (Wildman–Crippen MR) is 186 cm³/mol. The zero-order valence-corrected chi connectivity index (χ0v) is 33.6. The van der Waals surface area contributed by atoms with Gasteiger partial charge in [-0.1, -0.05) is 108 Å². The Morgan fingerprint density at radius 3 is 1.80 bits per heavy atom. The van der Waals surface area contributed by atoms with E-state index in [1.807, 2.05) is 0 Å². The molecule has 9 rings (SSSR count). The summed E-state index contributed by atoms with van der Waals surface area (Å²) in [6.45, 7) is 15.9. The molecule has 248 valence electrons. The molecule has 0 saturated heterocycles. The molecule has 3 heteroatoms. The van der Waals surface area contributed by atoms with Crippen LogP contribution in [0.1, 0.15) is 146 Å². The Kier molecular flexibility index (Phi) is 12.3. The Morgan fingerprint density at radius 2 is 1.33 bits per heavy atom. The van der Waals surface area contributed by atoms with E-state index in [0.29, 0.717) is 5.41 Å². The monoisotopic (exact) mass is 732 g/mol. The molecule has 0 heterocycles. The normalized spacial score (nSPS) is 25.6. The quantitative estimate of drug-likeness (QED) is 0.227. The van der Waals surface area contributed by atoms with Gasteiger partial charge in [-0.2, -0.15) is 52.6 Å². The number of aryl methyl sites for hydroxylation is 1. The van der Waals surface area contributed by atoms with Crippen LogP contribution in [0.4, 0.5) is 0 Å². The van der Waals surface area contributed by atoms with Crippen molar-refractivity contribution in [1.82, 2.24) is 0 Å². The molecule has 0 radical (unpaired) electrons. The molecule has 0 amide bonds. The number of benzene rings is 2. The molecule has 0 unspecified atom stereocenters. The van der Waals surface area contributed by atoms with Crippen molar-refractivity contribution in [2.75, 3.05) is 0 Å². The van der Waals surface area contributed by atoms with Crippen molar-refractivity contribution >= 4 is 3.21 Å². The Hall–Kier alpha value is -0.877. The first-order chi connectivity index (χ1) is 20.8. The molecule has 0 atom stereocenters. The van der Waals surface area contributed by atoms with Gasteiger partial charge < -0.3 is 24.8 Å². The standard InChI is InChI=1S/C21H25.C16H21.C6H10.2ClH.Zr/c1-20(2,3)16-9-7-14-11-15-8-10-17(21(4,5)6)13-19(15)18(14)12-16;1-11-2-3-15(4-11)16-8-12-5-13(9-16)7-14(6-12)10-16;1-2-4-6-5-3-1;;;/h7,9-10,12-13H,11H2,1-6H3;2-4,12-14H,5-10H2,1H3;1-5H2;2*1H;/q2*-1;;;;+2/p-2. The Bertz CT molecular complexity index is 1390. The molecule has 6 aliphatic rings. The van der Waals surface area contributed by atoms with Crippen LogP contribution < -0.4 is 24.8 Å². The van der Waals surface area contributed by atoms with Gasteiger partial charge in [0, 0.05) is 0 Å². The number of fused-ring (bicyclic) bond motifs is 3. The van der Waals surface area contributed by atoms with Crippen molar-refractivity contribution in [3.8, 4) is 11.1 Å². The van der Waals surface area contributed by atoms with Crippen LogP contribution in [0.3, 0.4) is 0 Å². The van der Waals surface area contributed by atoms with Crippen LogP contribution in [-0.4, -0.2) is 3.21 Å². The molecule has 0 aromatic heterocycles. The second-order valence-corrected chi connectivity index (χ2v) is 19.1. The van der Waals surface area contributed by atoms with E-state index in [0.717, 1.165) is 24.2 Å². The molecule has 3 aromatic rings. The van der Waals surface area contributed by atoms with E-state index in [-0.39, 0.29) is 35.6 Å². The van der Waals surface area contributed by atoms with E-state index in [1.165, 1.54) is 90.3 Å². The first-order valence-electron chi connectivity index (χ1n) is 17.8. The summed E-state index contributed by atoms with van der Waals surface area (Å²) < 4.78 is 1.80. The number of halogens is 2. The van der Waals surface area contributed by atoms with Crippen LogP contribution in [-0.2, 0) is 46.9 Å². The summed E-state index contributed by atoms with van der Waals surface area (Å²) in [6.07, 6.45) is 17.5. The van der Waals surface area contributed by atoms with E-state index in [4.69, 9.17) is 0 Å². The molecule has 5 saturated carbocycles. The van der Waals surface area contributed by atoms with Gasteiger partial charge in [0.1, 0.15) is 0 Å². The Morgan fingerprint density at radius 1 is 0.761 bits per heavy atom. The summed E-state index contributed by atoms with van der Waals surface area (Å²) in [7, 11) is 0. The topological polar surface area (TPSA) is 0 Å². The molecule has 4 bridgehead atoms. The molecule has 6 aliphatic carbocycles. The van der Waals surface area contributed by atoms with Crippen molar-refractivity contribution in [2.24, 2.45) is 17.8 Å². The Balaban J connectivity index is 0.000000170. The van der Waals surface area contributed by atoms with Crippen molar-refractivity contribution < 1.29 is 49.0 Å². The van der Waals surface area contributed by atoms with Crippen molar-refractivity contribution in [2.45, 2.75) is 142 Å². The van der Waals surface area contributed by atoms with Crippen LogP contribution in [0.2, 0.25) is 0 Å². The van der Waals surface area contributed by atoms with Crippen LogP contribution in [0.25, 0.3) is 11.1 Å². The third-order valence-corrected chi connectivity index (χ3v) is 12.8. The van der Waals surface area contributed by atoms with Crippen molar-refractivity contribution in [3.05, 3.63) is 88.0 Å². The summed E-state index contributed by atoms with van der Waals surface area (Å²) in [5.74, 6) is 3.21. The number of hydrogen-bond acceptors (Lipinski definition) is 0. The van der Waals surface area contributed by atoms with Crippen molar-refractivity contribution in [1.29, 1.82) is 0 Å². The molecule has 0 spiro atoms. The van der Waals surface area contributed by atoms with Crippen LogP contribution in [0, 0.1) is 30.7 Å². The summed E-state index contributed by atoms with van der Waals surface area (Å²) in [6, 6.07) is 22.3. The first kappa shape index (κ1) is 37.9. The average Bonchev–Trinajstić information content (AvgIpc) is 3.56. The zero-order chi connectivity index (χ0) is 31.3. The second kappa shape index (κ2) is 14.9.